The molecule has 5 rings (SSSR count). The number of rotatable bonds is 7. The third-order valence-corrected chi connectivity index (χ3v) is 6.90. The summed E-state index contributed by atoms with van der Waals surface area (Å²) in [4.78, 5) is 6.66. The Labute approximate surface area is 215 Å². The minimum atomic E-state index is -3.37. The molecule has 2 aromatic heterocycles. The van der Waals surface area contributed by atoms with Crippen LogP contribution in [-0.2, 0) is 10.0 Å². The lowest BCUT2D eigenvalue weighted by atomic mass is 10.0. The average molecular weight is 520 g/mol. The van der Waals surface area contributed by atoms with Crippen LogP contribution < -0.4 is 19.7 Å². The number of hydrogen-bond acceptors (Lipinski definition) is 5. The van der Waals surface area contributed by atoms with Crippen molar-refractivity contribution in [3.05, 3.63) is 103 Å². The van der Waals surface area contributed by atoms with Gasteiger partial charge in [0, 0.05) is 35.1 Å². The lowest BCUT2D eigenvalue weighted by molar-refractivity contribution is 0.414. The van der Waals surface area contributed by atoms with Crippen LogP contribution in [-0.4, -0.2) is 36.4 Å². The molecule has 1 aliphatic rings. The lowest BCUT2D eigenvalue weighted by Gasteiger charge is -2.29. The average Bonchev–Trinajstić information content (AvgIpc) is 3.48. The molecule has 2 aromatic carbocycles. The van der Waals surface area contributed by atoms with E-state index in [-0.39, 0.29) is 12.1 Å². The van der Waals surface area contributed by atoms with E-state index in [0.29, 0.717) is 10.8 Å². The fourth-order valence-electron chi connectivity index (χ4n) is 4.45. The Morgan fingerprint density at radius 1 is 0.972 bits per heavy atom. The maximum absolute atomic E-state index is 11.6. The van der Waals surface area contributed by atoms with Crippen LogP contribution >= 0.6 is 12.2 Å². The molecule has 36 heavy (non-hydrogen) atoms. The van der Waals surface area contributed by atoms with Crippen molar-refractivity contribution < 1.29 is 13.2 Å². The van der Waals surface area contributed by atoms with E-state index in [1.165, 1.54) is 0 Å². The zero-order valence-corrected chi connectivity index (χ0v) is 21.3. The van der Waals surface area contributed by atoms with Gasteiger partial charge >= 0.3 is 0 Å². The SMILES string of the molecule is COc1ccc(-n2cccc2[C@@H]2[C@@H](c3ccccn3)NC(=S)N2c2ccc(NS(C)(=O)=O)cc2)cc1. The van der Waals surface area contributed by atoms with Gasteiger partial charge in [-0.25, -0.2) is 8.42 Å². The molecule has 0 saturated carbocycles. The van der Waals surface area contributed by atoms with Crippen molar-refractivity contribution in [2.45, 2.75) is 12.1 Å². The summed E-state index contributed by atoms with van der Waals surface area (Å²) in [5.41, 5.74) is 4.18. The van der Waals surface area contributed by atoms with Crippen molar-refractivity contribution in [1.82, 2.24) is 14.9 Å². The van der Waals surface area contributed by atoms with Crippen molar-refractivity contribution >= 4 is 38.7 Å². The smallest absolute Gasteiger partial charge is 0.229 e. The van der Waals surface area contributed by atoms with Gasteiger partial charge in [0.15, 0.2) is 5.11 Å². The molecule has 3 heterocycles. The number of sulfonamides is 1. The Hall–Kier alpha value is -3.89. The summed E-state index contributed by atoms with van der Waals surface area (Å²) in [6.07, 6.45) is 4.92. The molecule has 4 aromatic rings. The Morgan fingerprint density at radius 2 is 1.69 bits per heavy atom. The molecular formula is C26H25N5O3S2. The number of nitrogens with one attached hydrogen (secondary N) is 2. The van der Waals surface area contributed by atoms with Gasteiger partial charge < -0.3 is 19.5 Å². The molecule has 0 unspecified atom stereocenters. The van der Waals surface area contributed by atoms with Crippen LogP contribution in [0.5, 0.6) is 5.75 Å². The molecule has 8 nitrogen and oxygen atoms in total. The monoisotopic (exact) mass is 519 g/mol. The Balaban J connectivity index is 1.59. The maximum atomic E-state index is 11.6. The molecular weight excluding hydrogens is 494 g/mol. The minimum absolute atomic E-state index is 0.209. The first kappa shape index (κ1) is 23.8. The highest BCUT2D eigenvalue weighted by Crippen LogP contribution is 2.42. The number of methoxy groups -OCH3 is 1. The highest BCUT2D eigenvalue weighted by Gasteiger charge is 2.42. The van der Waals surface area contributed by atoms with E-state index in [9.17, 15) is 8.42 Å². The maximum Gasteiger partial charge on any atom is 0.229 e. The van der Waals surface area contributed by atoms with Gasteiger partial charge in [-0.2, -0.15) is 0 Å². The van der Waals surface area contributed by atoms with E-state index in [1.807, 2.05) is 71.8 Å². The topological polar surface area (TPSA) is 88.5 Å². The molecule has 10 heteroatoms. The first-order valence-corrected chi connectivity index (χ1v) is 13.5. The van der Waals surface area contributed by atoms with Gasteiger partial charge in [0.2, 0.25) is 10.0 Å². The number of pyridine rings is 1. The first-order valence-electron chi connectivity index (χ1n) is 11.2. The molecule has 0 aliphatic carbocycles. The Kier molecular flexibility index (Phi) is 6.38. The fourth-order valence-corrected chi connectivity index (χ4v) is 5.36. The second-order valence-corrected chi connectivity index (χ2v) is 10.6. The van der Waals surface area contributed by atoms with Crippen LogP contribution in [0.3, 0.4) is 0 Å². The predicted molar refractivity (Wildman–Crippen MR) is 145 cm³/mol. The third kappa shape index (κ3) is 4.77. The zero-order chi connectivity index (χ0) is 25.3. The van der Waals surface area contributed by atoms with Gasteiger partial charge in [-0.05, 0) is 85.0 Å². The number of thiocarbonyl (C=S) groups is 1. The van der Waals surface area contributed by atoms with Gasteiger partial charge in [-0.15, -0.1) is 0 Å². The molecule has 2 N–H and O–H groups in total. The molecule has 184 valence electrons. The van der Waals surface area contributed by atoms with Crippen LogP contribution in [0.2, 0.25) is 0 Å². The number of nitrogens with zero attached hydrogens (tertiary/aromatic N) is 3. The van der Waals surface area contributed by atoms with E-state index in [2.05, 4.69) is 25.7 Å². The molecule has 0 radical (unpaired) electrons. The van der Waals surface area contributed by atoms with E-state index in [0.717, 1.165) is 34.8 Å². The van der Waals surface area contributed by atoms with Crippen LogP contribution in [0.15, 0.2) is 91.3 Å². The first-order chi connectivity index (χ1) is 17.3. The van der Waals surface area contributed by atoms with Gasteiger partial charge in [0.25, 0.3) is 0 Å². The molecule has 0 spiro atoms. The lowest BCUT2D eigenvalue weighted by Crippen LogP contribution is -2.30. The highest BCUT2D eigenvalue weighted by atomic mass is 32.2. The number of benzene rings is 2. The molecule has 1 saturated heterocycles. The number of ether oxygens (including phenoxy) is 1. The number of hydrogen-bond donors (Lipinski definition) is 2. The zero-order valence-electron chi connectivity index (χ0n) is 19.7. The van der Waals surface area contributed by atoms with E-state index in [4.69, 9.17) is 17.0 Å². The van der Waals surface area contributed by atoms with E-state index >= 15 is 0 Å². The minimum Gasteiger partial charge on any atom is -0.497 e. The van der Waals surface area contributed by atoms with Crippen molar-refractivity contribution in [1.29, 1.82) is 0 Å². The standard InChI is InChI=1S/C26H25N5O3S2/c1-34-21-14-12-19(13-15-21)30-17-5-7-23(30)25-24(22-6-3-4-16-27-22)28-26(35)31(25)20-10-8-18(9-11-20)29-36(2,32)33/h3-17,24-25,29H,1-2H3,(H,28,35)/t24-,25-/m1/s1. The molecule has 0 amide bonds. The summed E-state index contributed by atoms with van der Waals surface area (Å²) in [6.45, 7) is 0. The third-order valence-electron chi connectivity index (χ3n) is 5.98. The van der Waals surface area contributed by atoms with Crippen molar-refractivity contribution in [3.63, 3.8) is 0 Å². The summed E-state index contributed by atoms with van der Waals surface area (Å²) in [6, 6.07) is 24.5. The van der Waals surface area contributed by atoms with E-state index in [1.54, 1.807) is 25.4 Å². The molecule has 2 atom stereocenters. The summed E-state index contributed by atoms with van der Waals surface area (Å²) in [7, 11) is -1.73. The van der Waals surface area contributed by atoms with Crippen molar-refractivity contribution in [2.24, 2.45) is 0 Å². The summed E-state index contributed by atoms with van der Waals surface area (Å²) in [5, 5.41) is 4.01. The summed E-state index contributed by atoms with van der Waals surface area (Å²) < 4.78 is 33.2. The summed E-state index contributed by atoms with van der Waals surface area (Å²) >= 11 is 5.81. The second kappa shape index (κ2) is 9.63. The largest absolute Gasteiger partial charge is 0.497 e. The Morgan fingerprint density at radius 3 is 2.33 bits per heavy atom. The van der Waals surface area contributed by atoms with Crippen molar-refractivity contribution in [2.75, 3.05) is 23.0 Å². The number of anilines is 2. The summed E-state index contributed by atoms with van der Waals surface area (Å²) in [5.74, 6) is 0.784. The fraction of sp³-hybridized carbons (Fsp3) is 0.154. The van der Waals surface area contributed by atoms with E-state index < -0.39 is 10.0 Å². The normalized spacial score (nSPS) is 17.6. The van der Waals surface area contributed by atoms with Crippen LogP contribution in [0.25, 0.3) is 5.69 Å². The molecule has 1 aliphatic heterocycles. The van der Waals surface area contributed by atoms with Crippen molar-refractivity contribution in [3.8, 4) is 11.4 Å². The second-order valence-electron chi connectivity index (χ2n) is 8.42. The Bertz CT molecular complexity index is 1470. The predicted octanol–water partition coefficient (Wildman–Crippen LogP) is 4.43. The number of aromatic nitrogens is 2. The molecule has 0 bridgehead atoms. The highest BCUT2D eigenvalue weighted by molar-refractivity contribution is 7.92. The van der Waals surface area contributed by atoms with Crippen LogP contribution in [0.4, 0.5) is 11.4 Å². The van der Waals surface area contributed by atoms with Gasteiger partial charge in [0.05, 0.1) is 25.1 Å². The quantitative estimate of drug-likeness (QED) is 0.349. The van der Waals surface area contributed by atoms with Crippen LogP contribution in [0.1, 0.15) is 23.5 Å². The van der Waals surface area contributed by atoms with Gasteiger partial charge in [0.1, 0.15) is 11.8 Å². The molecule has 1 fully saturated rings. The van der Waals surface area contributed by atoms with Gasteiger partial charge in [-0.1, -0.05) is 6.07 Å². The van der Waals surface area contributed by atoms with Crippen LogP contribution in [0, 0.1) is 0 Å². The van der Waals surface area contributed by atoms with Gasteiger partial charge in [-0.3, -0.25) is 9.71 Å².